The smallest absolute Gasteiger partial charge is 0.0212 e. The van der Waals surface area contributed by atoms with Crippen LogP contribution in [-0.4, -0.2) is 0 Å². The fraction of sp³-hybridized carbons (Fsp3) is 0.429. The summed E-state index contributed by atoms with van der Waals surface area (Å²) in [5, 5.41) is 0. The van der Waals surface area contributed by atoms with Crippen molar-refractivity contribution in [2.75, 3.05) is 0 Å². The lowest BCUT2D eigenvalue weighted by Gasteiger charge is -2.15. The first-order valence-electron chi connectivity index (χ1n) is 5.56. The molecule has 0 saturated carbocycles. The Kier molecular flexibility index (Phi) is 5.10. The van der Waals surface area contributed by atoms with Crippen molar-refractivity contribution in [3.63, 3.8) is 0 Å². The topological polar surface area (TPSA) is 0 Å². The Labute approximate surface area is 102 Å². The number of halogens is 1. The first kappa shape index (κ1) is 12.5. The van der Waals surface area contributed by atoms with E-state index < -0.39 is 0 Å². The molecule has 0 spiro atoms. The summed E-state index contributed by atoms with van der Waals surface area (Å²) in [6.07, 6.45) is 6.70. The molecule has 15 heavy (non-hydrogen) atoms. The van der Waals surface area contributed by atoms with Gasteiger partial charge in [0.25, 0.3) is 0 Å². The van der Waals surface area contributed by atoms with Crippen molar-refractivity contribution in [2.45, 2.75) is 39.5 Å². The van der Waals surface area contributed by atoms with Crippen LogP contribution in [0.2, 0.25) is 0 Å². The maximum atomic E-state index is 3.66. The Balaban J connectivity index is 2.91. The normalized spacial score (nSPS) is 13.3. The summed E-state index contributed by atoms with van der Waals surface area (Å²) < 4.78 is 1.25. The molecule has 0 nitrogen and oxygen atoms in total. The lowest BCUT2D eigenvalue weighted by molar-refractivity contribution is 0.671. The van der Waals surface area contributed by atoms with E-state index in [9.17, 15) is 0 Å². The van der Waals surface area contributed by atoms with Gasteiger partial charge in [-0.25, -0.2) is 0 Å². The Hall–Kier alpha value is -0.560. The van der Waals surface area contributed by atoms with Gasteiger partial charge in [0.15, 0.2) is 0 Å². The Bertz CT molecular complexity index is 339. The molecule has 1 aromatic rings. The lowest BCUT2D eigenvalue weighted by atomic mass is 9.92. The Morgan fingerprint density at radius 1 is 1.40 bits per heavy atom. The summed E-state index contributed by atoms with van der Waals surface area (Å²) >= 11 is 3.66. The standard InChI is InChI=1S/C14H19Br/c1-4-6-7-12(5-2)13-9-8-11(3)10-14(13)15/h4,6,8-10,12H,5,7H2,1-3H3/b6-4-. The van der Waals surface area contributed by atoms with E-state index in [1.165, 1.54) is 22.0 Å². The number of aryl methyl sites for hydroxylation is 1. The van der Waals surface area contributed by atoms with Crippen LogP contribution in [0.5, 0.6) is 0 Å². The third-order valence-electron chi connectivity index (χ3n) is 2.74. The SMILES string of the molecule is C/C=C\CC(CC)c1ccc(C)cc1Br. The second kappa shape index (κ2) is 6.12. The largest absolute Gasteiger partial charge is 0.0916 e. The first-order valence-corrected chi connectivity index (χ1v) is 6.35. The molecule has 1 unspecified atom stereocenters. The van der Waals surface area contributed by atoms with Crippen LogP contribution in [0.15, 0.2) is 34.8 Å². The highest BCUT2D eigenvalue weighted by atomic mass is 79.9. The molecule has 0 heterocycles. The molecule has 0 aromatic heterocycles. The van der Waals surface area contributed by atoms with Gasteiger partial charge in [-0.05, 0) is 49.8 Å². The molecule has 1 rings (SSSR count). The summed E-state index contributed by atoms with van der Waals surface area (Å²) in [6, 6.07) is 6.64. The first-order chi connectivity index (χ1) is 7.19. The van der Waals surface area contributed by atoms with Gasteiger partial charge in [0.05, 0.1) is 0 Å². The number of allylic oxidation sites excluding steroid dienone is 2. The summed E-state index contributed by atoms with van der Waals surface area (Å²) in [6.45, 7) is 6.46. The van der Waals surface area contributed by atoms with Crippen molar-refractivity contribution < 1.29 is 0 Å². The number of hydrogen-bond acceptors (Lipinski definition) is 0. The summed E-state index contributed by atoms with van der Waals surface area (Å²) in [5.74, 6) is 0.635. The van der Waals surface area contributed by atoms with Gasteiger partial charge in [-0.1, -0.05) is 47.1 Å². The molecule has 0 saturated heterocycles. The van der Waals surface area contributed by atoms with Crippen molar-refractivity contribution >= 4 is 15.9 Å². The fourth-order valence-electron chi connectivity index (χ4n) is 1.78. The molecule has 0 aliphatic carbocycles. The quantitative estimate of drug-likeness (QED) is 0.656. The second-order valence-corrected chi connectivity index (χ2v) is 4.79. The van der Waals surface area contributed by atoms with Crippen molar-refractivity contribution in [3.05, 3.63) is 46.0 Å². The van der Waals surface area contributed by atoms with Crippen molar-refractivity contribution in [1.82, 2.24) is 0 Å². The molecule has 1 heteroatoms. The van der Waals surface area contributed by atoms with E-state index in [-0.39, 0.29) is 0 Å². The maximum Gasteiger partial charge on any atom is 0.0212 e. The molecule has 82 valence electrons. The second-order valence-electron chi connectivity index (χ2n) is 3.93. The highest BCUT2D eigenvalue weighted by molar-refractivity contribution is 9.10. The van der Waals surface area contributed by atoms with Crippen LogP contribution in [-0.2, 0) is 0 Å². The van der Waals surface area contributed by atoms with Crippen LogP contribution in [0.25, 0.3) is 0 Å². The van der Waals surface area contributed by atoms with E-state index in [0.717, 1.165) is 6.42 Å². The van der Waals surface area contributed by atoms with Crippen molar-refractivity contribution in [2.24, 2.45) is 0 Å². The van der Waals surface area contributed by atoms with Gasteiger partial charge in [0.1, 0.15) is 0 Å². The molecule has 0 radical (unpaired) electrons. The molecular weight excluding hydrogens is 248 g/mol. The zero-order valence-electron chi connectivity index (χ0n) is 9.76. The average Bonchev–Trinajstić information content (AvgIpc) is 2.21. The average molecular weight is 267 g/mol. The van der Waals surface area contributed by atoms with E-state index in [0.29, 0.717) is 5.92 Å². The fourth-order valence-corrected chi connectivity index (χ4v) is 2.59. The monoisotopic (exact) mass is 266 g/mol. The van der Waals surface area contributed by atoms with Gasteiger partial charge in [-0.2, -0.15) is 0 Å². The predicted octanol–water partition coefficient (Wildman–Crippen LogP) is 5.22. The van der Waals surface area contributed by atoms with E-state index in [4.69, 9.17) is 0 Å². The summed E-state index contributed by atoms with van der Waals surface area (Å²) in [4.78, 5) is 0. The van der Waals surface area contributed by atoms with Crippen LogP contribution in [0.3, 0.4) is 0 Å². The van der Waals surface area contributed by atoms with Gasteiger partial charge in [0, 0.05) is 4.47 Å². The van der Waals surface area contributed by atoms with Crippen LogP contribution >= 0.6 is 15.9 Å². The zero-order chi connectivity index (χ0) is 11.3. The lowest BCUT2D eigenvalue weighted by Crippen LogP contribution is -1.97. The van der Waals surface area contributed by atoms with Crippen LogP contribution in [0, 0.1) is 6.92 Å². The van der Waals surface area contributed by atoms with Crippen molar-refractivity contribution in [3.8, 4) is 0 Å². The van der Waals surface area contributed by atoms with Crippen LogP contribution in [0.4, 0.5) is 0 Å². The third-order valence-corrected chi connectivity index (χ3v) is 3.43. The van der Waals surface area contributed by atoms with Crippen LogP contribution < -0.4 is 0 Å². The Morgan fingerprint density at radius 2 is 2.13 bits per heavy atom. The molecule has 1 atom stereocenters. The van der Waals surface area contributed by atoms with Crippen LogP contribution in [0.1, 0.15) is 43.7 Å². The molecule has 0 aliphatic heterocycles. The predicted molar refractivity (Wildman–Crippen MR) is 71.3 cm³/mol. The zero-order valence-corrected chi connectivity index (χ0v) is 11.3. The van der Waals surface area contributed by atoms with Gasteiger partial charge in [-0.3, -0.25) is 0 Å². The molecule has 0 N–H and O–H groups in total. The van der Waals surface area contributed by atoms with Crippen molar-refractivity contribution in [1.29, 1.82) is 0 Å². The number of benzene rings is 1. The highest BCUT2D eigenvalue weighted by Crippen LogP contribution is 2.30. The van der Waals surface area contributed by atoms with Gasteiger partial charge in [-0.15, -0.1) is 0 Å². The summed E-state index contributed by atoms with van der Waals surface area (Å²) in [5.41, 5.74) is 2.74. The molecule has 0 aliphatic rings. The minimum atomic E-state index is 0.635. The van der Waals surface area contributed by atoms with E-state index in [2.05, 4.69) is 67.1 Å². The number of rotatable bonds is 4. The molecule has 0 fully saturated rings. The maximum absolute atomic E-state index is 3.66. The van der Waals surface area contributed by atoms with E-state index >= 15 is 0 Å². The van der Waals surface area contributed by atoms with Gasteiger partial charge < -0.3 is 0 Å². The van der Waals surface area contributed by atoms with Gasteiger partial charge >= 0.3 is 0 Å². The Morgan fingerprint density at radius 3 is 2.67 bits per heavy atom. The molecule has 1 aromatic carbocycles. The molecule has 0 bridgehead atoms. The highest BCUT2D eigenvalue weighted by Gasteiger charge is 2.10. The molecular formula is C14H19Br. The van der Waals surface area contributed by atoms with E-state index in [1.807, 2.05) is 0 Å². The summed E-state index contributed by atoms with van der Waals surface area (Å²) in [7, 11) is 0. The minimum absolute atomic E-state index is 0.635. The molecule has 0 amide bonds. The number of hydrogen-bond donors (Lipinski definition) is 0. The third kappa shape index (κ3) is 3.49. The van der Waals surface area contributed by atoms with Gasteiger partial charge in [0.2, 0.25) is 0 Å². The minimum Gasteiger partial charge on any atom is -0.0916 e. The van der Waals surface area contributed by atoms with E-state index in [1.54, 1.807) is 0 Å².